The van der Waals surface area contributed by atoms with Gasteiger partial charge in [-0.15, -0.1) is 0 Å². The topological polar surface area (TPSA) is 50.8 Å². The molecule has 1 fully saturated rings. The lowest BCUT2D eigenvalue weighted by Crippen LogP contribution is -2.36. The van der Waals surface area contributed by atoms with Gasteiger partial charge in [-0.05, 0) is 18.9 Å². The molecule has 1 amide bonds. The predicted octanol–water partition coefficient (Wildman–Crippen LogP) is 1.13. The van der Waals surface area contributed by atoms with Crippen molar-refractivity contribution < 1.29 is 14.3 Å². The first-order valence-electron chi connectivity index (χ1n) is 6.59. The minimum atomic E-state index is 0.146. The van der Waals surface area contributed by atoms with Crippen LogP contribution in [0.1, 0.15) is 18.4 Å². The standard InChI is InChI=1S/C14H18N2O3/c1-16(11-5-6-11)13(17)8-15-7-10-3-2-4-12-14(10)19-9-18-12/h2-4,11,15H,5-9H2,1H3. The fourth-order valence-corrected chi connectivity index (χ4v) is 2.22. The molecule has 0 saturated heterocycles. The minimum Gasteiger partial charge on any atom is -0.454 e. The summed E-state index contributed by atoms with van der Waals surface area (Å²) in [5, 5.41) is 3.17. The Labute approximate surface area is 112 Å². The minimum absolute atomic E-state index is 0.146. The van der Waals surface area contributed by atoms with Crippen molar-refractivity contribution in [2.75, 3.05) is 20.4 Å². The fraction of sp³-hybridized carbons (Fsp3) is 0.500. The van der Waals surface area contributed by atoms with E-state index in [2.05, 4.69) is 5.32 Å². The van der Waals surface area contributed by atoms with E-state index in [0.29, 0.717) is 19.1 Å². The molecule has 102 valence electrons. The number of nitrogens with zero attached hydrogens (tertiary/aromatic N) is 1. The molecule has 0 aromatic heterocycles. The Morgan fingerprint density at radius 1 is 1.42 bits per heavy atom. The number of ether oxygens (including phenoxy) is 2. The molecule has 19 heavy (non-hydrogen) atoms. The van der Waals surface area contributed by atoms with Crippen molar-refractivity contribution >= 4 is 5.91 Å². The van der Waals surface area contributed by atoms with Crippen molar-refractivity contribution in [1.29, 1.82) is 0 Å². The molecule has 5 heteroatoms. The van der Waals surface area contributed by atoms with Gasteiger partial charge < -0.3 is 19.7 Å². The molecule has 0 bridgehead atoms. The summed E-state index contributed by atoms with van der Waals surface area (Å²) in [4.78, 5) is 13.7. The molecule has 0 unspecified atom stereocenters. The van der Waals surface area contributed by atoms with Crippen LogP contribution in [-0.2, 0) is 11.3 Å². The first-order chi connectivity index (χ1) is 9.25. The van der Waals surface area contributed by atoms with Gasteiger partial charge in [0.25, 0.3) is 0 Å². The van der Waals surface area contributed by atoms with E-state index in [9.17, 15) is 4.79 Å². The van der Waals surface area contributed by atoms with Crippen LogP contribution in [-0.4, -0.2) is 37.2 Å². The second-order valence-electron chi connectivity index (χ2n) is 4.99. The number of para-hydroxylation sites is 1. The molecular formula is C14H18N2O3. The predicted molar refractivity (Wildman–Crippen MR) is 70.1 cm³/mol. The van der Waals surface area contributed by atoms with Gasteiger partial charge in [0, 0.05) is 25.2 Å². The normalized spacial score (nSPS) is 16.5. The summed E-state index contributed by atoms with van der Waals surface area (Å²) in [6.45, 7) is 1.24. The number of likely N-dealkylation sites (N-methyl/N-ethyl adjacent to an activating group) is 1. The van der Waals surface area contributed by atoms with Crippen LogP contribution in [0.2, 0.25) is 0 Å². The number of amides is 1. The molecule has 1 aromatic rings. The molecule has 1 N–H and O–H groups in total. The molecular weight excluding hydrogens is 244 g/mol. The maximum absolute atomic E-state index is 11.9. The summed E-state index contributed by atoms with van der Waals surface area (Å²) in [6.07, 6.45) is 2.28. The summed E-state index contributed by atoms with van der Waals surface area (Å²) in [5.74, 6) is 1.71. The average molecular weight is 262 g/mol. The van der Waals surface area contributed by atoms with E-state index >= 15 is 0 Å². The zero-order valence-electron chi connectivity index (χ0n) is 11.0. The second-order valence-corrected chi connectivity index (χ2v) is 4.99. The van der Waals surface area contributed by atoms with E-state index in [0.717, 1.165) is 29.9 Å². The number of nitrogens with one attached hydrogen (secondary N) is 1. The van der Waals surface area contributed by atoms with E-state index in [1.807, 2.05) is 30.1 Å². The maximum atomic E-state index is 11.9. The molecule has 1 aliphatic heterocycles. The zero-order valence-corrected chi connectivity index (χ0v) is 11.0. The molecule has 0 radical (unpaired) electrons. The summed E-state index contributed by atoms with van der Waals surface area (Å²) in [5.41, 5.74) is 1.02. The number of benzene rings is 1. The number of carbonyl (C=O) groups excluding carboxylic acids is 1. The third-order valence-electron chi connectivity index (χ3n) is 3.56. The van der Waals surface area contributed by atoms with E-state index in [4.69, 9.17) is 9.47 Å². The van der Waals surface area contributed by atoms with Crippen molar-refractivity contribution in [3.8, 4) is 11.5 Å². The average Bonchev–Trinajstić information content (AvgIpc) is 3.15. The van der Waals surface area contributed by atoms with Gasteiger partial charge in [-0.2, -0.15) is 0 Å². The second kappa shape index (κ2) is 5.09. The Balaban J connectivity index is 1.52. The highest BCUT2D eigenvalue weighted by Gasteiger charge is 2.29. The Bertz CT molecular complexity index is 486. The van der Waals surface area contributed by atoms with Crippen LogP contribution in [0.3, 0.4) is 0 Å². The quantitative estimate of drug-likeness (QED) is 0.864. The van der Waals surface area contributed by atoms with Crippen LogP contribution < -0.4 is 14.8 Å². The van der Waals surface area contributed by atoms with Crippen LogP contribution in [0.15, 0.2) is 18.2 Å². The molecule has 1 saturated carbocycles. The van der Waals surface area contributed by atoms with E-state index in [1.54, 1.807) is 0 Å². The van der Waals surface area contributed by atoms with E-state index in [-0.39, 0.29) is 12.7 Å². The Hall–Kier alpha value is -1.75. The smallest absolute Gasteiger partial charge is 0.236 e. The van der Waals surface area contributed by atoms with Gasteiger partial charge in [0.1, 0.15) is 0 Å². The molecule has 0 atom stereocenters. The SMILES string of the molecule is CN(C(=O)CNCc1cccc2c1OCO2)C1CC1. The van der Waals surface area contributed by atoms with Crippen molar-refractivity contribution in [3.05, 3.63) is 23.8 Å². The van der Waals surface area contributed by atoms with Crippen LogP contribution in [0.4, 0.5) is 0 Å². The Morgan fingerprint density at radius 3 is 3.05 bits per heavy atom. The summed E-state index contributed by atoms with van der Waals surface area (Å²) >= 11 is 0. The van der Waals surface area contributed by atoms with Crippen LogP contribution in [0, 0.1) is 0 Å². The lowest BCUT2D eigenvalue weighted by atomic mass is 10.2. The molecule has 5 nitrogen and oxygen atoms in total. The first-order valence-corrected chi connectivity index (χ1v) is 6.59. The molecule has 0 spiro atoms. The maximum Gasteiger partial charge on any atom is 0.236 e. The highest BCUT2D eigenvalue weighted by Crippen LogP contribution is 2.35. The van der Waals surface area contributed by atoms with Crippen molar-refractivity contribution in [2.24, 2.45) is 0 Å². The van der Waals surface area contributed by atoms with Crippen molar-refractivity contribution in [1.82, 2.24) is 10.2 Å². The number of hydrogen-bond acceptors (Lipinski definition) is 4. The Kier molecular flexibility index (Phi) is 3.29. The van der Waals surface area contributed by atoms with Crippen LogP contribution >= 0.6 is 0 Å². The molecule has 3 rings (SSSR count). The van der Waals surface area contributed by atoms with Crippen molar-refractivity contribution in [3.63, 3.8) is 0 Å². The largest absolute Gasteiger partial charge is 0.454 e. The molecule has 1 heterocycles. The molecule has 2 aliphatic rings. The number of rotatable bonds is 5. The van der Waals surface area contributed by atoms with Gasteiger partial charge in [0.05, 0.1) is 6.54 Å². The highest BCUT2D eigenvalue weighted by molar-refractivity contribution is 5.78. The lowest BCUT2D eigenvalue weighted by molar-refractivity contribution is -0.129. The third kappa shape index (κ3) is 2.66. The van der Waals surface area contributed by atoms with Gasteiger partial charge >= 0.3 is 0 Å². The fourth-order valence-electron chi connectivity index (χ4n) is 2.22. The summed E-state index contributed by atoms with van der Waals surface area (Å²) in [6, 6.07) is 6.27. The molecule has 1 aliphatic carbocycles. The number of hydrogen-bond donors (Lipinski definition) is 1. The van der Waals surface area contributed by atoms with Crippen LogP contribution in [0.5, 0.6) is 11.5 Å². The third-order valence-corrected chi connectivity index (χ3v) is 3.56. The number of carbonyl (C=O) groups is 1. The van der Waals surface area contributed by atoms with E-state index < -0.39 is 0 Å². The monoisotopic (exact) mass is 262 g/mol. The summed E-state index contributed by atoms with van der Waals surface area (Å²) in [7, 11) is 1.87. The van der Waals surface area contributed by atoms with Gasteiger partial charge in [0.2, 0.25) is 12.7 Å². The van der Waals surface area contributed by atoms with Gasteiger partial charge in [-0.1, -0.05) is 12.1 Å². The Morgan fingerprint density at radius 2 is 2.26 bits per heavy atom. The lowest BCUT2D eigenvalue weighted by Gasteiger charge is -2.16. The first kappa shape index (κ1) is 12.3. The van der Waals surface area contributed by atoms with Gasteiger partial charge in [-0.25, -0.2) is 0 Å². The van der Waals surface area contributed by atoms with Gasteiger partial charge in [-0.3, -0.25) is 4.79 Å². The van der Waals surface area contributed by atoms with Crippen molar-refractivity contribution in [2.45, 2.75) is 25.4 Å². The summed E-state index contributed by atoms with van der Waals surface area (Å²) < 4.78 is 10.7. The molecule has 1 aromatic carbocycles. The van der Waals surface area contributed by atoms with Gasteiger partial charge in [0.15, 0.2) is 11.5 Å². The zero-order chi connectivity index (χ0) is 13.2. The number of fused-ring (bicyclic) bond motifs is 1. The van der Waals surface area contributed by atoms with E-state index in [1.165, 1.54) is 0 Å². The highest BCUT2D eigenvalue weighted by atomic mass is 16.7. The van der Waals surface area contributed by atoms with Crippen LogP contribution in [0.25, 0.3) is 0 Å².